The lowest BCUT2D eigenvalue weighted by molar-refractivity contribution is -0.130. The number of anilines is 1. The van der Waals surface area contributed by atoms with Gasteiger partial charge in [0, 0.05) is 42.9 Å². The molecule has 0 unspecified atom stereocenters. The van der Waals surface area contributed by atoms with Gasteiger partial charge in [0.05, 0.1) is 12.3 Å². The number of hydrogen-bond acceptors (Lipinski definition) is 6. The number of thioether (sulfide) groups is 1. The number of aromatic nitrogens is 1. The van der Waals surface area contributed by atoms with Gasteiger partial charge in [-0.1, -0.05) is 30.0 Å². The molecule has 0 radical (unpaired) electrons. The van der Waals surface area contributed by atoms with Crippen LogP contribution in [-0.2, 0) is 9.59 Å². The molecule has 6 nitrogen and oxygen atoms in total. The Balaban J connectivity index is 1.42. The molecular formula is C20H26N4O2S2. The minimum atomic E-state index is -0.00753. The van der Waals surface area contributed by atoms with Crippen LogP contribution >= 0.6 is 23.1 Å². The van der Waals surface area contributed by atoms with Gasteiger partial charge >= 0.3 is 0 Å². The summed E-state index contributed by atoms with van der Waals surface area (Å²) in [5.41, 5.74) is 4.02. The van der Waals surface area contributed by atoms with Crippen molar-refractivity contribution in [2.45, 2.75) is 25.1 Å². The van der Waals surface area contributed by atoms with Gasteiger partial charge in [0.1, 0.15) is 0 Å². The van der Waals surface area contributed by atoms with Crippen molar-refractivity contribution in [3.8, 4) is 0 Å². The molecule has 1 aliphatic heterocycles. The molecule has 0 bridgehead atoms. The fraction of sp³-hybridized carbons (Fsp3) is 0.450. The molecule has 2 aromatic rings. The number of benzene rings is 1. The summed E-state index contributed by atoms with van der Waals surface area (Å²) < 4.78 is 0.938. The van der Waals surface area contributed by atoms with E-state index in [4.69, 9.17) is 0 Å². The maximum atomic E-state index is 12.4. The highest BCUT2D eigenvalue weighted by Gasteiger charge is 2.23. The molecule has 1 aliphatic rings. The SMILES string of the molecule is Cc1csc(SCC(=O)N2CCN(CC(=O)Nc3c(C)cccc3C)CC2)n1. The van der Waals surface area contributed by atoms with Gasteiger partial charge in [-0.3, -0.25) is 14.5 Å². The summed E-state index contributed by atoms with van der Waals surface area (Å²) in [6, 6.07) is 5.99. The first-order valence-corrected chi connectivity index (χ1v) is 11.2. The lowest BCUT2D eigenvalue weighted by Crippen LogP contribution is -2.50. The van der Waals surface area contributed by atoms with E-state index >= 15 is 0 Å². The average molecular weight is 419 g/mol. The van der Waals surface area contributed by atoms with E-state index in [0.717, 1.165) is 26.8 Å². The van der Waals surface area contributed by atoms with E-state index in [-0.39, 0.29) is 11.8 Å². The van der Waals surface area contributed by atoms with Gasteiger partial charge in [-0.05, 0) is 31.9 Å². The first kappa shape index (κ1) is 20.8. The first-order chi connectivity index (χ1) is 13.4. The fourth-order valence-electron chi connectivity index (χ4n) is 3.16. The molecule has 1 fully saturated rings. The molecule has 28 heavy (non-hydrogen) atoms. The Morgan fingerprint density at radius 3 is 2.43 bits per heavy atom. The zero-order valence-electron chi connectivity index (χ0n) is 16.5. The molecular weight excluding hydrogens is 392 g/mol. The van der Waals surface area contributed by atoms with Crippen molar-refractivity contribution < 1.29 is 9.59 Å². The third kappa shape index (κ3) is 5.56. The summed E-state index contributed by atoms with van der Waals surface area (Å²) in [5, 5.41) is 5.03. The normalized spacial score (nSPS) is 14.9. The second kappa shape index (κ2) is 9.54. The molecule has 0 atom stereocenters. The number of carbonyl (C=O) groups is 2. The molecule has 0 aliphatic carbocycles. The van der Waals surface area contributed by atoms with Gasteiger partial charge < -0.3 is 10.2 Å². The third-order valence-electron chi connectivity index (χ3n) is 4.75. The smallest absolute Gasteiger partial charge is 0.238 e. The van der Waals surface area contributed by atoms with Gasteiger partial charge in [-0.2, -0.15) is 0 Å². The van der Waals surface area contributed by atoms with E-state index in [9.17, 15) is 9.59 Å². The molecule has 2 amide bonds. The topological polar surface area (TPSA) is 65.5 Å². The Kier molecular flexibility index (Phi) is 7.09. The van der Waals surface area contributed by atoms with Crippen LogP contribution in [0.1, 0.15) is 16.8 Å². The zero-order chi connectivity index (χ0) is 20.1. The number of thiazole rings is 1. The Bertz CT molecular complexity index is 824. The maximum Gasteiger partial charge on any atom is 0.238 e. The molecule has 8 heteroatoms. The highest BCUT2D eigenvalue weighted by molar-refractivity contribution is 8.01. The number of nitrogens with zero attached hydrogens (tertiary/aromatic N) is 3. The Hall–Kier alpha value is -1.90. The van der Waals surface area contributed by atoms with Gasteiger partial charge in [-0.25, -0.2) is 4.98 Å². The van der Waals surface area contributed by atoms with Crippen molar-refractivity contribution in [3.05, 3.63) is 40.4 Å². The molecule has 0 saturated carbocycles. The maximum absolute atomic E-state index is 12.4. The second-order valence-corrected chi connectivity index (χ2v) is 9.10. The second-order valence-electron chi connectivity index (χ2n) is 7.02. The van der Waals surface area contributed by atoms with Crippen LogP contribution in [0.2, 0.25) is 0 Å². The molecule has 3 rings (SSSR count). The van der Waals surface area contributed by atoms with Crippen molar-refractivity contribution in [2.75, 3.05) is 43.8 Å². The number of aryl methyl sites for hydroxylation is 3. The van der Waals surface area contributed by atoms with Gasteiger partial charge in [-0.15, -0.1) is 11.3 Å². The van der Waals surface area contributed by atoms with Crippen molar-refractivity contribution in [3.63, 3.8) is 0 Å². The van der Waals surface area contributed by atoms with Gasteiger partial charge in [0.15, 0.2) is 4.34 Å². The van der Waals surface area contributed by atoms with E-state index < -0.39 is 0 Å². The molecule has 1 saturated heterocycles. The largest absolute Gasteiger partial charge is 0.339 e. The summed E-state index contributed by atoms with van der Waals surface area (Å²) in [7, 11) is 0. The van der Waals surface area contributed by atoms with Crippen molar-refractivity contribution >= 4 is 40.6 Å². The number of nitrogens with one attached hydrogen (secondary N) is 1. The standard InChI is InChI=1S/C20H26N4O2S2/c1-14-5-4-6-15(2)19(14)22-17(25)11-23-7-9-24(10-8-23)18(26)13-28-20-21-16(3)12-27-20/h4-6,12H,7-11,13H2,1-3H3,(H,22,25). The van der Waals surface area contributed by atoms with Crippen molar-refractivity contribution in [1.29, 1.82) is 0 Å². The first-order valence-electron chi connectivity index (χ1n) is 9.33. The Labute approximate surface area is 174 Å². The van der Waals surface area contributed by atoms with Crippen molar-refractivity contribution in [2.24, 2.45) is 0 Å². The summed E-state index contributed by atoms with van der Waals surface area (Å²) in [5.74, 6) is 0.546. The van der Waals surface area contributed by atoms with Crippen LogP contribution < -0.4 is 5.32 Å². The van der Waals surface area contributed by atoms with Crippen LogP contribution in [-0.4, -0.2) is 65.1 Å². The highest BCUT2D eigenvalue weighted by Crippen LogP contribution is 2.23. The molecule has 2 heterocycles. The van der Waals surface area contributed by atoms with Crippen LogP contribution in [0.15, 0.2) is 27.9 Å². The minimum absolute atomic E-state index is 0.00753. The fourth-order valence-corrected chi connectivity index (χ4v) is 4.91. The van der Waals surface area contributed by atoms with E-state index in [2.05, 4.69) is 15.2 Å². The molecule has 0 spiro atoms. The van der Waals surface area contributed by atoms with Crippen molar-refractivity contribution in [1.82, 2.24) is 14.8 Å². The highest BCUT2D eigenvalue weighted by atomic mass is 32.2. The summed E-state index contributed by atoms with van der Waals surface area (Å²) >= 11 is 3.07. The molecule has 1 aromatic heterocycles. The van der Waals surface area contributed by atoms with Gasteiger partial charge in [0.25, 0.3) is 0 Å². The Morgan fingerprint density at radius 1 is 1.14 bits per heavy atom. The minimum Gasteiger partial charge on any atom is -0.339 e. The summed E-state index contributed by atoms with van der Waals surface area (Å²) in [6.45, 7) is 9.05. The predicted molar refractivity (Wildman–Crippen MR) is 115 cm³/mol. The van der Waals surface area contributed by atoms with E-state index in [1.54, 1.807) is 11.3 Å². The third-order valence-corrected chi connectivity index (χ3v) is 6.88. The van der Waals surface area contributed by atoms with Crippen LogP contribution in [0.4, 0.5) is 5.69 Å². The lowest BCUT2D eigenvalue weighted by atomic mass is 10.1. The summed E-state index contributed by atoms with van der Waals surface area (Å²) in [6.07, 6.45) is 0. The number of rotatable bonds is 6. The number of para-hydroxylation sites is 1. The monoisotopic (exact) mass is 418 g/mol. The van der Waals surface area contributed by atoms with Crippen LogP contribution in [0.25, 0.3) is 0 Å². The number of hydrogen-bond donors (Lipinski definition) is 1. The lowest BCUT2D eigenvalue weighted by Gasteiger charge is -2.34. The van der Waals surface area contributed by atoms with E-state index in [1.807, 2.05) is 49.3 Å². The predicted octanol–water partition coefficient (Wildman–Crippen LogP) is 2.94. The Morgan fingerprint density at radius 2 is 1.82 bits per heavy atom. The zero-order valence-corrected chi connectivity index (χ0v) is 18.2. The molecule has 1 N–H and O–H groups in total. The number of piperazine rings is 1. The summed E-state index contributed by atoms with van der Waals surface area (Å²) in [4.78, 5) is 33.2. The quantitative estimate of drug-likeness (QED) is 0.731. The number of carbonyl (C=O) groups excluding carboxylic acids is 2. The van der Waals surface area contributed by atoms with Gasteiger partial charge in [0.2, 0.25) is 11.8 Å². The average Bonchev–Trinajstić information content (AvgIpc) is 3.09. The number of amides is 2. The molecule has 150 valence electrons. The van der Waals surface area contributed by atoms with Crippen LogP contribution in [0.5, 0.6) is 0 Å². The van der Waals surface area contributed by atoms with Crippen LogP contribution in [0, 0.1) is 20.8 Å². The molecule has 1 aromatic carbocycles. The van der Waals surface area contributed by atoms with Crippen LogP contribution in [0.3, 0.4) is 0 Å². The van der Waals surface area contributed by atoms with E-state index in [1.165, 1.54) is 11.8 Å². The van der Waals surface area contributed by atoms with E-state index in [0.29, 0.717) is 38.5 Å².